The van der Waals surface area contributed by atoms with Gasteiger partial charge in [0.2, 0.25) is 10.0 Å². The Morgan fingerprint density at radius 1 is 1.32 bits per heavy atom. The Hall–Kier alpha value is -1.80. The van der Waals surface area contributed by atoms with Crippen molar-refractivity contribution in [2.24, 2.45) is 0 Å². The second-order valence-electron chi connectivity index (χ2n) is 4.80. The summed E-state index contributed by atoms with van der Waals surface area (Å²) in [5.41, 5.74) is 1.49. The molecule has 0 aliphatic heterocycles. The number of amides is 1. The van der Waals surface area contributed by atoms with Crippen LogP contribution in [0.25, 0.3) is 0 Å². The molecule has 0 fully saturated rings. The largest absolute Gasteiger partial charge is 0.457 e. The van der Waals surface area contributed by atoms with Crippen LogP contribution >= 0.6 is 15.9 Å². The molecule has 2 rings (SSSR count). The molecule has 118 valence electrons. The van der Waals surface area contributed by atoms with Gasteiger partial charge in [0.1, 0.15) is 6.26 Å². The molecule has 0 radical (unpaired) electrons. The Labute approximate surface area is 137 Å². The Kier molecular flexibility index (Phi) is 4.92. The van der Waals surface area contributed by atoms with Crippen LogP contribution in [0.1, 0.15) is 28.9 Å². The fraction of sp³-hybridized carbons (Fsp3) is 0.214. The topological polar surface area (TPSA) is 88.4 Å². The number of hydrogen-bond donors (Lipinski definition) is 2. The first kappa shape index (κ1) is 16.6. The first-order valence-corrected chi connectivity index (χ1v) is 9.06. The van der Waals surface area contributed by atoms with Crippen LogP contribution in [0.3, 0.4) is 0 Å². The smallest absolute Gasteiger partial charge is 0.255 e. The molecule has 2 aromatic rings. The van der Waals surface area contributed by atoms with Crippen molar-refractivity contribution in [1.29, 1.82) is 0 Å². The Morgan fingerprint density at radius 3 is 2.59 bits per heavy atom. The quantitative estimate of drug-likeness (QED) is 0.826. The lowest BCUT2D eigenvalue weighted by atomic mass is 10.1. The molecule has 1 unspecified atom stereocenters. The molecule has 0 saturated heterocycles. The lowest BCUT2D eigenvalue weighted by molar-refractivity contribution is 0.0939. The summed E-state index contributed by atoms with van der Waals surface area (Å²) in [6.07, 6.45) is 2.42. The van der Waals surface area contributed by atoms with E-state index >= 15 is 0 Å². The highest BCUT2D eigenvalue weighted by atomic mass is 79.9. The van der Waals surface area contributed by atoms with E-state index in [1.54, 1.807) is 37.3 Å². The third-order valence-electron chi connectivity index (χ3n) is 2.90. The van der Waals surface area contributed by atoms with Crippen LogP contribution in [0.5, 0.6) is 0 Å². The van der Waals surface area contributed by atoms with Gasteiger partial charge >= 0.3 is 0 Å². The predicted octanol–water partition coefficient (Wildman–Crippen LogP) is 2.90. The second-order valence-corrected chi connectivity index (χ2v) is 7.33. The van der Waals surface area contributed by atoms with E-state index in [0.29, 0.717) is 21.5 Å². The minimum atomic E-state index is -3.39. The van der Waals surface area contributed by atoms with Crippen LogP contribution in [0.15, 0.2) is 45.7 Å². The zero-order valence-corrected chi connectivity index (χ0v) is 14.4. The normalized spacial score (nSPS) is 12.7. The summed E-state index contributed by atoms with van der Waals surface area (Å²) in [6.45, 7) is 1.77. The second kappa shape index (κ2) is 6.53. The van der Waals surface area contributed by atoms with Crippen LogP contribution < -0.4 is 10.0 Å². The van der Waals surface area contributed by atoms with Crippen molar-refractivity contribution < 1.29 is 17.6 Å². The van der Waals surface area contributed by atoms with Gasteiger partial charge in [0.25, 0.3) is 5.91 Å². The van der Waals surface area contributed by atoms with Crippen LogP contribution in [-0.2, 0) is 10.0 Å². The summed E-state index contributed by atoms with van der Waals surface area (Å²) in [4.78, 5) is 12.1. The molecule has 0 spiro atoms. The van der Waals surface area contributed by atoms with Gasteiger partial charge in [0.05, 0.1) is 23.5 Å². The van der Waals surface area contributed by atoms with E-state index in [-0.39, 0.29) is 11.9 Å². The van der Waals surface area contributed by atoms with Gasteiger partial charge in [0.15, 0.2) is 4.67 Å². The van der Waals surface area contributed by atoms with Crippen molar-refractivity contribution in [3.63, 3.8) is 0 Å². The van der Waals surface area contributed by atoms with Gasteiger partial charge < -0.3 is 9.73 Å². The number of nitrogens with one attached hydrogen (secondary N) is 2. The van der Waals surface area contributed by atoms with Crippen LogP contribution in [0, 0.1) is 0 Å². The molecular weight excluding hydrogens is 372 g/mol. The summed E-state index contributed by atoms with van der Waals surface area (Å²) in [5.74, 6) is -0.309. The molecule has 8 heteroatoms. The fourth-order valence-corrected chi connectivity index (χ4v) is 2.88. The van der Waals surface area contributed by atoms with Gasteiger partial charge in [-0.3, -0.25) is 9.52 Å². The number of carbonyl (C=O) groups excluding carboxylic acids is 1. The molecule has 1 aromatic heterocycles. The standard InChI is InChI=1S/C14H15BrN2O4S/c1-9(16-14(18)10-7-13(15)21-8-10)11-5-3-4-6-12(11)17-22(2,19)20/h3-9,17H,1-2H3,(H,16,18). The molecule has 0 aliphatic rings. The number of hydrogen-bond acceptors (Lipinski definition) is 4. The predicted molar refractivity (Wildman–Crippen MR) is 87.2 cm³/mol. The third kappa shape index (κ3) is 4.35. The summed E-state index contributed by atoms with van der Waals surface area (Å²) < 4.78 is 30.7. The van der Waals surface area contributed by atoms with Crippen molar-refractivity contribution in [3.8, 4) is 0 Å². The molecule has 2 N–H and O–H groups in total. The highest BCUT2D eigenvalue weighted by Gasteiger charge is 2.17. The van der Waals surface area contributed by atoms with E-state index in [4.69, 9.17) is 4.42 Å². The molecule has 1 aromatic carbocycles. The molecule has 0 bridgehead atoms. The molecule has 6 nitrogen and oxygen atoms in total. The zero-order chi connectivity index (χ0) is 16.3. The molecule has 1 atom stereocenters. The van der Waals surface area contributed by atoms with Crippen molar-refractivity contribution >= 4 is 37.5 Å². The SMILES string of the molecule is CC(NC(=O)c1coc(Br)c1)c1ccccc1NS(C)(=O)=O. The first-order chi connectivity index (χ1) is 10.3. The van der Waals surface area contributed by atoms with Gasteiger partial charge in [-0.25, -0.2) is 8.42 Å². The summed E-state index contributed by atoms with van der Waals surface area (Å²) >= 11 is 3.13. The van der Waals surface area contributed by atoms with Gasteiger partial charge in [-0.2, -0.15) is 0 Å². The van der Waals surface area contributed by atoms with E-state index in [2.05, 4.69) is 26.0 Å². The van der Waals surface area contributed by atoms with E-state index in [1.807, 2.05) is 0 Å². The third-order valence-corrected chi connectivity index (χ3v) is 3.91. The van der Waals surface area contributed by atoms with Crippen molar-refractivity contribution in [3.05, 3.63) is 52.4 Å². The fourth-order valence-electron chi connectivity index (χ4n) is 1.95. The number of furan rings is 1. The molecule has 1 amide bonds. The zero-order valence-electron chi connectivity index (χ0n) is 12.0. The maximum absolute atomic E-state index is 12.1. The Morgan fingerprint density at radius 2 is 2.00 bits per heavy atom. The van der Waals surface area contributed by atoms with Crippen molar-refractivity contribution in [1.82, 2.24) is 5.32 Å². The van der Waals surface area contributed by atoms with E-state index in [0.717, 1.165) is 6.26 Å². The Bertz CT molecular complexity index is 786. The molecule has 1 heterocycles. The van der Waals surface area contributed by atoms with E-state index < -0.39 is 10.0 Å². The molecule has 0 aliphatic carbocycles. The average Bonchev–Trinajstić information content (AvgIpc) is 2.84. The lowest BCUT2D eigenvalue weighted by Crippen LogP contribution is -2.27. The number of carbonyl (C=O) groups is 1. The number of rotatable bonds is 5. The van der Waals surface area contributed by atoms with Gasteiger partial charge in [-0.05, 0) is 34.5 Å². The maximum Gasteiger partial charge on any atom is 0.255 e. The Balaban J connectivity index is 2.19. The van der Waals surface area contributed by atoms with Crippen LogP contribution in [0.4, 0.5) is 5.69 Å². The van der Waals surface area contributed by atoms with Gasteiger partial charge in [0, 0.05) is 6.07 Å². The van der Waals surface area contributed by atoms with Gasteiger partial charge in [-0.1, -0.05) is 18.2 Å². The van der Waals surface area contributed by atoms with E-state index in [9.17, 15) is 13.2 Å². The summed E-state index contributed by atoms with van der Waals surface area (Å²) in [5, 5.41) is 2.80. The molecular formula is C14H15BrN2O4S. The molecule has 0 saturated carbocycles. The highest BCUT2D eigenvalue weighted by Crippen LogP contribution is 2.24. The van der Waals surface area contributed by atoms with Crippen molar-refractivity contribution in [2.75, 3.05) is 11.0 Å². The van der Waals surface area contributed by atoms with Crippen molar-refractivity contribution in [2.45, 2.75) is 13.0 Å². The maximum atomic E-state index is 12.1. The number of anilines is 1. The minimum absolute atomic E-state index is 0.309. The monoisotopic (exact) mass is 386 g/mol. The highest BCUT2D eigenvalue weighted by molar-refractivity contribution is 9.10. The van der Waals surface area contributed by atoms with Crippen LogP contribution in [-0.4, -0.2) is 20.6 Å². The molecule has 22 heavy (non-hydrogen) atoms. The summed E-state index contributed by atoms with van der Waals surface area (Å²) in [7, 11) is -3.39. The number of halogens is 1. The average molecular weight is 387 g/mol. The lowest BCUT2D eigenvalue weighted by Gasteiger charge is -2.18. The number of benzene rings is 1. The van der Waals surface area contributed by atoms with E-state index in [1.165, 1.54) is 6.26 Å². The van der Waals surface area contributed by atoms with Crippen LogP contribution in [0.2, 0.25) is 0 Å². The number of para-hydroxylation sites is 1. The van der Waals surface area contributed by atoms with Gasteiger partial charge in [-0.15, -0.1) is 0 Å². The first-order valence-electron chi connectivity index (χ1n) is 6.38. The minimum Gasteiger partial charge on any atom is -0.457 e. The summed E-state index contributed by atoms with van der Waals surface area (Å²) in [6, 6.07) is 8.07. The number of sulfonamides is 1.